The first-order valence-electron chi connectivity index (χ1n) is 5.28. The fourth-order valence-corrected chi connectivity index (χ4v) is 2.85. The maximum atomic E-state index is 10.9. The van der Waals surface area contributed by atoms with E-state index in [4.69, 9.17) is 5.11 Å². The van der Waals surface area contributed by atoms with Crippen molar-refractivity contribution in [1.29, 1.82) is 0 Å². The van der Waals surface area contributed by atoms with Crippen LogP contribution in [0.4, 0.5) is 0 Å². The van der Waals surface area contributed by atoms with E-state index in [2.05, 4.69) is 15.0 Å². The molecule has 7 heteroatoms. The number of carboxylic acid groups (broad SMARTS) is 1. The Morgan fingerprint density at radius 1 is 1.16 bits per heavy atom. The zero-order chi connectivity index (χ0) is 13.2. The van der Waals surface area contributed by atoms with Gasteiger partial charge in [-0.3, -0.25) is 4.98 Å². The number of aromatic nitrogens is 3. The fourth-order valence-electron chi connectivity index (χ4n) is 1.53. The molecule has 3 heterocycles. The predicted molar refractivity (Wildman–Crippen MR) is 73.4 cm³/mol. The Balaban J connectivity index is 1.99. The minimum absolute atomic E-state index is 0.204. The molecule has 0 unspecified atom stereocenters. The normalized spacial score (nSPS) is 10.5. The van der Waals surface area contributed by atoms with Crippen LogP contribution < -0.4 is 0 Å². The van der Waals surface area contributed by atoms with Gasteiger partial charge in [0.15, 0.2) is 0 Å². The Labute approximate surface area is 116 Å². The van der Waals surface area contributed by atoms with Crippen molar-refractivity contribution < 1.29 is 9.90 Å². The van der Waals surface area contributed by atoms with Gasteiger partial charge in [0.25, 0.3) is 0 Å². The minimum atomic E-state index is -0.972. The Kier molecular flexibility index (Phi) is 3.06. The molecule has 3 aromatic heterocycles. The van der Waals surface area contributed by atoms with E-state index in [1.165, 1.54) is 41.0 Å². The summed E-state index contributed by atoms with van der Waals surface area (Å²) in [5.74, 6) is -0.972. The van der Waals surface area contributed by atoms with Gasteiger partial charge in [-0.15, -0.1) is 22.7 Å². The molecule has 0 bridgehead atoms. The summed E-state index contributed by atoms with van der Waals surface area (Å²) in [5.41, 5.74) is 4.12. The maximum Gasteiger partial charge on any atom is 0.335 e. The van der Waals surface area contributed by atoms with Crippen molar-refractivity contribution in [1.82, 2.24) is 15.0 Å². The monoisotopic (exact) mass is 289 g/mol. The molecule has 19 heavy (non-hydrogen) atoms. The first-order valence-corrected chi connectivity index (χ1v) is 7.10. The van der Waals surface area contributed by atoms with Crippen LogP contribution in [0.15, 0.2) is 34.6 Å². The highest BCUT2D eigenvalue weighted by molar-refractivity contribution is 7.13. The van der Waals surface area contributed by atoms with E-state index in [0.717, 1.165) is 11.4 Å². The maximum absolute atomic E-state index is 10.9. The SMILES string of the molecule is O=C(O)c1ccnc(-c2nc(-c3cscn3)cs2)c1. The summed E-state index contributed by atoms with van der Waals surface area (Å²) < 4.78 is 0. The molecule has 0 aliphatic carbocycles. The second-order valence-corrected chi connectivity index (χ2v) is 5.22. The summed E-state index contributed by atoms with van der Waals surface area (Å²) >= 11 is 2.93. The van der Waals surface area contributed by atoms with Crippen molar-refractivity contribution in [3.63, 3.8) is 0 Å². The second kappa shape index (κ2) is 4.87. The zero-order valence-electron chi connectivity index (χ0n) is 9.48. The minimum Gasteiger partial charge on any atom is -0.478 e. The number of hydrogen-bond donors (Lipinski definition) is 1. The highest BCUT2D eigenvalue weighted by atomic mass is 32.1. The van der Waals surface area contributed by atoms with Gasteiger partial charge in [-0.1, -0.05) is 0 Å². The molecule has 0 saturated carbocycles. The molecule has 0 aliphatic rings. The highest BCUT2D eigenvalue weighted by Gasteiger charge is 2.11. The second-order valence-electron chi connectivity index (χ2n) is 3.65. The van der Waals surface area contributed by atoms with Crippen LogP contribution in [0.1, 0.15) is 10.4 Å². The van der Waals surface area contributed by atoms with E-state index in [0.29, 0.717) is 10.7 Å². The number of rotatable bonds is 3. The van der Waals surface area contributed by atoms with E-state index >= 15 is 0 Å². The quantitative estimate of drug-likeness (QED) is 0.802. The predicted octanol–water partition coefficient (Wildman–Crippen LogP) is 3.03. The molecule has 1 N–H and O–H groups in total. The third-order valence-corrected chi connectivity index (χ3v) is 3.88. The average molecular weight is 289 g/mol. The molecule has 0 radical (unpaired) electrons. The van der Waals surface area contributed by atoms with Gasteiger partial charge >= 0.3 is 5.97 Å². The van der Waals surface area contributed by atoms with Crippen LogP contribution in [0.5, 0.6) is 0 Å². The van der Waals surface area contributed by atoms with Gasteiger partial charge in [-0.25, -0.2) is 14.8 Å². The Bertz CT molecular complexity index is 722. The molecule has 5 nitrogen and oxygen atoms in total. The highest BCUT2D eigenvalue weighted by Crippen LogP contribution is 2.27. The zero-order valence-corrected chi connectivity index (χ0v) is 11.1. The average Bonchev–Trinajstić information content (AvgIpc) is 3.09. The molecule has 0 spiro atoms. The van der Waals surface area contributed by atoms with Crippen LogP contribution in [0.3, 0.4) is 0 Å². The van der Waals surface area contributed by atoms with E-state index in [9.17, 15) is 4.79 Å². The Morgan fingerprint density at radius 2 is 2.05 bits per heavy atom. The third-order valence-electron chi connectivity index (χ3n) is 2.42. The van der Waals surface area contributed by atoms with Crippen molar-refractivity contribution >= 4 is 28.6 Å². The molecule has 3 rings (SSSR count). The lowest BCUT2D eigenvalue weighted by Gasteiger charge is -1.97. The molecule has 0 fully saturated rings. The lowest BCUT2D eigenvalue weighted by molar-refractivity contribution is 0.0697. The number of carbonyl (C=O) groups is 1. The first-order chi connectivity index (χ1) is 9.24. The number of nitrogens with zero attached hydrogens (tertiary/aromatic N) is 3. The fraction of sp³-hybridized carbons (Fsp3) is 0. The third kappa shape index (κ3) is 2.38. The summed E-state index contributed by atoms with van der Waals surface area (Å²) in [5, 5.41) is 13.4. The van der Waals surface area contributed by atoms with Crippen LogP contribution in [-0.2, 0) is 0 Å². The lowest BCUT2D eigenvalue weighted by atomic mass is 10.2. The standard InChI is InChI=1S/C12H7N3O2S2/c16-12(17)7-1-2-13-8(3-7)11-15-10(5-19-11)9-4-18-6-14-9/h1-6H,(H,16,17). The molecular weight excluding hydrogens is 282 g/mol. The topological polar surface area (TPSA) is 76.0 Å². The Morgan fingerprint density at radius 3 is 2.79 bits per heavy atom. The smallest absolute Gasteiger partial charge is 0.335 e. The number of thiazole rings is 2. The largest absolute Gasteiger partial charge is 0.478 e. The number of pyridine rings is 1. The van der Waals surface area contributed by atoms with Gasteiger partial charge < -0.3 is 5.11 Å². The first kappa shape index (κ1) is 11.9. The lowest BCUT2D eigenvalue weighted by Crippen LogP contribution is -1.97. The van der Waals surface area contributed by atoms with Gasteiger partial charge in [0.1, 0.15) is 16.4 Å². The van der Waals surface area contributed by atoms with Crippen LogP contribution in [0, 0.1) is 0 Å². The van der Waals surface area contributed by atoms with Crippen molar-refractivity contribution in [2.24, 2.45) is 0 Å². The van der Waals surface area contributed by atoms with Gasteiger partial charge in [-0.05, 0) is 12.1 Å². The van der Waals surface area contributed by atoms with Crippen molar-refractivity contribution in [2.75, 3.05) is 0 Å². The van der Waals surface area contributed by atoms with Crippen LogP contribution in [0.2, 0.25) is 0 Å². The molecule has 0 aromatic carbocycles. The van der Waals surface area contributed by atoms with Crippen LogP contribution in [-0.4, -0.2) is 26.0 Å². The van der Waals surface area contributed by atoms with Gasteiger partial charge in [0.2, 0.25) is 0 Å². The summed E-state index contributed by atoms with van der Waals surface area (Å²) in [4.78, 5) is 23.7. The van der Waals surface area contributed by atoms with E-state index in [1.807, 2.05) is 10.8 Å². The van der Waals surface area contributed by atoms with Crippen LogP contribution in [0.25, 0.3) is 22.1 Å². The van der Waals surface area contributed by atoms with E-state index in [-0.39, 0.29) is 5.56 Å². The molecule has 3 aromatic rings. The number of aromatic carboxylic acids is 1. The number of hydrogen-bond acceptors (Lipinski definition) is 6. The van der Waals surface area contributed by atoms with E-state index in [1.54, 1.807) is 5.51 Å². The molecule has 94 valence electrons. The van der Waals surface area contributed by atoms with Gasteiger partial charge in [0, 0.05) is 17.0 Å². The van der Waals surface area contributed by atoms with Gasteiger partial charge in [-0.2, -0.15) is 0 Å². The summed E-state index contributed by atoms with van der Waals surface area (Å²) in [6.45, 7) is 0. The number of carboxylic acids is 1. The van der Waals surface area contributed by atoms with Gasteiger partial charge in [0.05, 0.1) is 16.8 Å². The summed E-state index contributed by atoms with van der Waals surface area (Å²) in [6.07, 6.45) is 1.47. The van der Waals surface area contributed by atoms with Crippen molar-refractivity contribution in [3.8, 4) is 22.1 Å². The van der Waals surface area contributed by atoms with Crippen LogP contribution >= 0.6 is 22.7 Å². The summed E-state index contributed by atoms with van der Waals surface area (Å²) in [7, 11) is 0. The van der Waals surface area contributed by atoms with Crippen molar-refractivity contribution in [3.05, 3.63) is 40.2 Å². The molecular formula is C12H7N3O2S2. The van der Waals surface area contributed by atoms with Crippen molar-refractivity contribution in [2.45, 2.75) is 0 Å². The van der Waals surface area contributed by atoms with E-state index < -0.39 is 5.97 Å². The molecule has 0 aliphatic heterocycles. The molecule has 0 amide bonds. The molecule has 0 atom stereocenters. The Hall–Kier alpha value is -2.12. The summed E-state index contributed by atoms with van der Waals surface area (Å²) in [6, 6.07) is 2.98. The molecule has 0 saturated heterocycles.